The minimum Gasteiger partial charge on any atom is -0.508 e. The molecule has 0 amide bonds. The SMILES string of the molecule is Oc1ccc([C@H]2CCCCN2)c(O)c1. The van der Waals surface area contributed by atoms with E-state index in [1.54, 1.807) is 12.1 Å². The number of benzene rings is 1. The largest absolute Gasteiger partial charge is 0.508 e. The Morgan fingerprint density at radius 1 is 1.21 bits per heavy atom. The first-order valence-electron chi connectivity index (χ1n) is 5.02. The van der Waals surface area contributed by atoms with Gasteiger partial charge in [-0.15, -0.1) is 0 Å². The molecule has 3 N–H and O–H groups in total. The van der Waals surface area contributed by atoms with Crippen molar-refractivity contribution in [1.29, 1.82) is 0 Å². The monoisotopic (exact) mass is 193 g/mol. The highest BCUT2D eigenvalue weighted by Gasteiger charge is 2.17. The molecule has 1 aliphatic heterocycles. The van der Waals surface area contributed by atoms with Crippen LogP contribution in [0.5, 0.6) is 11.5 Å². The molecule has 2 rings (SSSR count). The molecule has 76 valence electrons. The van der Waals surface area contributed by atoms with E-state index in [0.29, 0.717) is 0 Å². The fourth-order valence-electron chi connectivity index (χ4n) is 1.94. The Bertz CT molecular complexity index is 319. The quantitative estimate of drug-likeness (QED) is 0.638. The zero-order chi connectivity index (χ0) is 9.97. The van der Waals surface area contributed by atoms with Crippen molar-refractivity contribution in [2.45, 2.75) is 25.3 Å². The van der Waals surface area contributed by atoms with Gasteiger partial charge in [0.2, 0.25) is 0 Å². The van der Waals surface area contributed by atoms with Crippen LogP contribution in [0.4, 0.5) is 0 Å². The average molecular weight is 193 g/mol. The Balaban J connectivity index is 2.22. The number of hydrogen-bond acceptors (Lipinski definition) is 3. The van der Waals surface area contributed by atoms with Gasteiger partial charge >= 0.3 is 0 Å². The summed E-state index contributed by atoms with van der Waals surface area (Å²) in [6.07, 6.45) is 3.45. The number of nitrogens with one attached hydrogen (secondary N) is 1. The lowest BCUT2D eigenvalue weighted by Gasteiger charge is -2.24. The molecule has 1 heterocycles. The molecule has 0 unspecified atom stereocenters. The maximum Gasteiger partial charge on any atom is 0.124 e. The number of rotatable bonds is 1. The molecule has 1 atom stereocenters. The number of piperidine rings is 1. The highest BCUT2D eigenvalue weighted by Crippen LogP contribution is 2.31. The molecule has 3 heteroatoms. The summed E-state index contributed by atoms with van der Waals surface area (Å²) < 4.78 is 0. The maximum atomic E-state index is 9.64. The number of phenols is 2. The molecule has 1 saturated heterocycles. The van der Waals surface area contributed by atoms with E-state index < -0.39 is 0 Å². The van der Waals surface area contributed by atoms with E-state index in [4.69, 9.17) is 5.11 Å². The smallest absolute Gasteiger partial charge is 0.124 e. The second kappa shape index (κ2) is 3.88. The average Bonchev–Trinajstić information content (AvgIpc) is 2.19. The standard InChI is InChI=1S/C11H15NO2/c13-8-4-5-9(11(14)7-8)10-3-1-2-6-12-10/h4-5,7,10,12-14H,1-3,6H2/t10-/m1/s1. The molecule has 0 bridgehead atoms. The molecule has 0 aromatic heterocycles. The third-order valence-corrected chi connectivity index (χ3v) is 2.70. The molecule has 3 nitrogen and oxygen atoms in total. The second-order valence-electron chi connectivity index (χ2n) is 3.75. The Morgan fingerprint density at radius 2 is 2.07 bits per heavy atom. The van der Waals surface area contributed by atoms with Crippen LogP contribution in [0, 0.1) is 0 Å². The van der Waals surface area contributed by atoms with Crippen molar-refractivity contribution in [3.8, 4) is 11.5 Å². The first-order chi connectivity index (χ1) is 6.77. The molecule has 0 aliphatic carbocycles. The van der Waals surface area contributed by atoms with Crippen molar-refractivity contribution in [2.75, 3.05) is 6.54 Å². The van der Waals surface area contributed by atoms with Gasteiger partial charge in [0.25, 0.3) is 0 Å². The van der Waals surface area contributed by atoms with Crippen LogP contribution in [0.25, 0.3) is 0 Å². The summed E-state index contributed by atoms with van der Waals surface area (Å²) in [7, 11) is 0. The molecular weight excluding hydrogens is 178 g/mol. The summed E-state index contributed by atoms with van der Waals surface area (Å²) >= 11 is 0. The van der Waals surface area contributed by atoms with Crippen LogP contribution in [-0.2, 0) is 0 Å². The van der Waals surface area contributed by atoms with Gasteiger partial charge in [0.1, 0.15) is 11.5 Å². The molecule has 1 aliphatic rings. The normalized spacial score (nSPS) is 22.1. The summed E-state index contributed by atoms with van der Waals surface area (Å²) in [5, 5.41) is 22.2. The highest BCUT2D eigenvalue weighted by atomic mass is 16.3. The van der Waals surface area contributed by atoms with Crippen molar-refractivity contribution in [3.63, 3.8) is 0 Å². The molecule has 1 aromatic rings. The van der Waals surface area contributed by atoms with Crippen LogP contribution in [-0.4, -0.2) is 16.8 Å². The van der Waals surface area contributed by atoms with Crippen molar-refractivity contribution in [3.05, 3.63) is 23.8 Å². The number of hydrogen-bond donors (Lipinski definition) is 3. The lowest BCUT2D eigenvalue weighted by molar-refractivity contribution is 0.388. The third kappa shape index (κ3) is 1.82. The molecule has 14 heavy (non-hydrogen) atoms. The van der Waals surface area contributed by atoms with Crippen LogP contribution in [0.15, 0.2) is 18.2 Å². The summed E-state index contributed by atoms with van der Waals surface area (Å²) in [4.78, 5) is 0. The summed E-state index contributed by atoms with van der Waals surface area (Å²) in [6, 6.07) is 5.04. The molecule has 1 aromatic carbocycles. The van der Waals surface area contributed by atoms with Gasteiger partial charge in [0, 0.05) is 17.7 Å². The molecular formula is C11H15NO2. The van der Waals surface area contributed by atoms with E-state index >= 15 is 0 Å². The van der Waals surface area contributed by atoms with E-state index in [-0.39, 0.29) is 17.5 Å². The topological polar surface area (TPSA) is 52.5 Å². The van der Waals surface area contributed by atoms with Gasteiger partial charge in [-0.25, -0.2) is 0 Å². The first-order valence-corrected chi connectivity index (χ1v) is 5.02. The van der Waals surface area contributed by atoms with E-state index in [1.807, 2.05) is 0 Å². The molecule has 1 fully saturated rings. The van der Waals surface area contributed by atoms with Crippen LogP contribution < -0.4 is 5.32 Å². The lowest BCUT2D eigenvalue weighted by Crippen LogP contribution is -2.26. The Morgan fingerprint density at radius 3 is 2.71 bits per heavy atom. The Kier molecular flexibility index (Phi) is 2.59. The highest BCUT2D eigenvalue weighted by molar-refractivity contribution is 5.40. The van der Waals surface area contributed by atoms with Gasteiger partial charge < -0.3 is 15.5 Å². The van der Waals surface area contributed by atoms with Gasteiger partial charge in [0.15, 0.2) is 0 Å². The van der Waals surface area contributed by atoms with E-state index in [2.05, 4.69) is 5.32 Å². The molecule has 0 radical (unpaired) electrons. The maximum absolute atomic E-state index is 9.64. The van der Waals surface area contributed by atoms with Crippen LogP contribution in [0.1, 0.15) is 30.9 Å². The third-order valence-electron chi connectivity index (χ3n) is 2.70. The lowest BCUT2D eigenvalue weighted by atomic mass is 9.97. The second-order valence-corrected chi connectivity index (χ2v) is 3.75. The molecule has 0 spiro atoms. The number of phenolic OH excluding ortho intramolecular Hbond substituents is 2. The number of aromatic hydroxyl groups is 2. The Labute approximate surface area is 83.4 Å². The zero-order valence-corrected chi connectivity index (χ0v) is 8.03. The van der Waals surface area contributed by atoms with Crippen LogP contribution in [0.3, 0.4) is 0 Å². The zero-order valence-electron chi connectivity index (χ0n) is 8.03. The van der Waals surface area contributed by atoms with Crippen molar-refractivity contribution in [1.82, 2.24) is 5.32 Å². The predicted octanol–water partition coefficient (Wildman–Crippen LogP) is 1.91. The summed E-state index contributed by atoms with van der Waals surface area (Å²) in [5.74, 6) is 0.298. The van der Waals surface area contributed by atoms with Crippen molar-refractivity contribution >= 4 is 0 Å². The fraction of sp³-hybridized carbons (Fsp3) is 0.455. The fourth-order valence-corrected chi connectivity index (χ4v) is 1.94. The van der Waals surface area contributed by atoms with E-state index in [1.165, 1.54) is 18.9 Å². The predicted molar refractivity (Wildman–Crippen MR) is 54.4 cm³/mol. The van der Waals surface area contributed by atoms with Gasteiger partial charge in [-0.3, -0.25) is 0 Å². The summed E-state index contributed by atoms with van der Waals surface area (Å²) in [6.45, 7) is 1.00. The van der Waals surface area contributed by atoms with Crippen LogP contribution >= 0.6 is 0 Å². The van der Waals surface area contributed by atoms with Gasteiger partial charge in [-0.2, -0.15) is 0 Å². The summed E-state index contributed by atoms with van der Waals surface area (Å²) in [5.41, 5.74) is 0.891. The van der Waals surface area contributed by atoms with E-state index in [0.717, 1.165) is 18.5 Å². The first kappa shape index (κ1) is 9.34. The van der Waals surface area contributed by atoms with Gasteiger partial charge in [-0.05, 0) is 25.5 Å². The van der Waals surface area contributed by atoms with Gasteiger partial charge in [-0.1, -0.05) is 12.5 Å². The Hall–Kier alpha value is -1.22. The minimum atomic E-state index is 0.113. The molecule has 0 saturated carbocycles. The minimum absolute atomic E-state index is 0.113. The van der Waals surface area contributed by atoms with Crippen LogP contribution in [0.2, 0.25) is 0 Å². The van der Waals surface area contributed by atoms with Crippen molar-refractivity contribution in [2.24, 2.45) is 0 Å². The van der Waals surface area contributed by atoms with Gasteiger partial charge in [0.05, 0.1) is 0 Å². The van der Waals surface area contributed by atoms with Crippen molar-refractivity contribution < 1.29 is 10.2 Å². The van der Waals surface area contributed by atoms with E-state index in [9.17, 15) is 5.11 Å².